The molecule has 14 nitrogen and oxygen atoms in total. The fourth-order valence-corrected chi connectivity index (χ4v) is 15.6. The molecule has 0 N–H and O–H groups in total. The standard InChI is InChI=1S/C39H36N4O2.C30H25IN2O.C21H23N3O2/c1-4-10-31(11-5-1)39(32-12-6-2-7-13-32,33-14-8-3-9-15-33)43-36-19-18-34(45-28-29-16-17-29)27-35(36)38(41-43)30-20-21-40-37(26-30)42-22-24-44-25-23-42;31-29-27-20-26(34-21-22-16-17-22)18-19-28(27)33(32-29)30(23-10-4-1-5-11-23,24-12-6-2-7-13-24)25-14-8-3-9-15-25;1-2-15(1)14-26-18-4-3-17-13-23-21(19(17)12-18)16-5-6-22-20(11-16)24-7-9-25-10-8-24/h1-15,18-21,26-27,29H,16-17,22-25,28H2;1-15,18-20,22H,16-17,21H2;3-6,11-12,15H,1-2,7-10,13-14H2. The van der Waals surface area contributed by atoms with Gasteiger partial charge in [0, 0.05) is 66.0 Å². The molecule has 0 atom stereocenters. The van der Waals surface area contributed by atoms with Crippen molar-refractivity contribution in [2.75, 3.05) is 82.2 Å². The van der Waals surface area contributed by atoms with Gasteiger partial charge in [-0.05, 0) is 191 Å². The van der Waals surface area contributed by atoms with E-state index in [1.165, 1.54) is 66.3 Å². The zero-order valence-electron chi connectivity index (χ0n) is 58.9. The van der Waals surface area contributed by atoms with Gasteiger partial charge in [-0.1, -0.05) is 188 Å². The molecule has 9 aromatic carbocycles. The number of benzene rings is 9. The van der Waals surface area contributed by atoms with Crippen LogP contribution in [0.4, 0.5) is 11.6 Å². The number of pyridine rings is 2. The van der Waals surface area contributed by atoms with Crippen LogP contribution in [-0.2, 0) is 27.1 Å². The number of nitrogens with zero attached hydrogens (tertiary/aromatic N) is 9. The molecule has 105 heavy (non-hydrogen) atoms. The highest BCUT2D eigenvalue weighted by atomic mass is 127. The van der Waals surface area contributed by atoms with Crippen LogP contribution in [0.2, 0.25) is 0 Å². The summed E-state index contributed by atoms with van der Waals surface area (Å²) in [5.74, 6) is 6.84. The van der Waals surface area contributed by atoms with Crippen molar-refractivity contribution < 1.29 is 23.7 Å². The molecule has 526 valence electrons. The topological polar surface area (TPSA) is 126 Å². The van der Waals surface area contributed by atoms with Gasteiger partial charge >= 0.3 is 0 Å². The molecule has 6 aliphatic rings. The first-order valence-corrected chi connectivity index (χ1v) is 38.2. The molecule has 3 saturated carbocycles. The third kappa shape index (κ3) is 14.4. The Hall–Kier alpha value is -10.5. The zero-order valence-corrected chi connectivity index (χ0v) is 61.0. The Balaban J connectivity index is 0.000000121. The Morgan fingerprint density at radius 2 is 0.762 bits per heavy atom. The van der Waals surface area contributed by atoms with Crippen molar-refractivity contribution in [2.24, 2.45) is 22.7 Å². The zero-order chi connectivity index (χ0) is 70.4. The van der Waals surface area contributed by atoms with Crippen LogP contribution in [0.3, 0.4) is 0 Å². The number of halogens is 1. The molecule has 0 amide bonds. The Morgan fingerprint density at radius 1 is 0.390 bits per heavy atom. The molecule has 15 heteroatoms. The van der Waals surface area contributed by atoms with Crippen molar-refractivity contribution in [3.63, 3.8) is 0 Å². The van der Waals surface area contributed by atoms with Crippen LogP contribution in [0.25, 0.3) is 33.1 Å². The maximum atomic E-state index is 6.33. The highest BCUT2D eigenvalue weighted by Gasteiger charge is 2.43. The lowest BCUT2D eigenvalue weighted by Crippen LogP contribution is -2.38. The molecule has 19 rings (SSSR count). The highest BCUT2D eigenvalue weighted by molar-refractivity contribution is 14.1. The van der Waals surface area contributed by atoms with Gasteiger partial charge in [-0.15, -0.1) is 0 Å². The number of fused-ring (bicyclic) bond motifs is 3. The maximum absolute atomic E-state index is 6.33. The third-order valence-corrected chi connectivity index (χ3v) is 21.8. The van der Waals surface area contributed by atoms with E-state index >= 15 is 0 Å². The lowest BCUT2D eigenvalue weighted by molar-refractivity contribution is 0.122. The van der Waals surface area contributed by atoms with Gasteiger partial charge in [0.05, 0.1) is 69.5 Å². The SMILES string of the molecule is Ic1nn(C(c2ccccc2)(c2ccccc2)c2ccccc2)c2ccc(OCC3CC3)cc12.c1cc(C2=NCc3ccc(OCC4CC4)cc32)cc(N2CCOCC2)n1.c1ccc(C(c2ccccc2)(c2ccccc2)n2nc(-c3ccnc(N4CCOCC4)c3)c3cc(OCC4CC4)ccc32)cc1. The molecular formula is C90H84IN9O5. The minimum Gasteiger partial charge on any atom is -0.493 e. The summed E-state index contributed by atoms with van der Waals surface area (Å²) in [7, 11) is 0. The van der Waals surface area contributed by atoms with Crippen LogP contribution in [0.15, 0.2) is 278 Å². The molecule has 0 spiro atoms. The van der Waals surface area contributed by atoms with Crippen molar-refractivity contribution in [1.82, 2.24) is 29.5 Å². The van der Waals surface area contributed by atoms with E-state index in [4.69, 9.17) is 43.9 Å². The highest BCUT2D eigenvalue weighted by Crippen LogP contribution is 2.47. The molecule has 3 aliphatic heterocycles. The van der Waals surface area contributed by atoms with Crippen LogP contribution in [0, 0.1) is 21.5 Å². The summed E-state index contributed by atoms with van der Waals surface area (Å²) in [6.45, 7) is 9.49. The van der Waals surface area contributed by atoms with Crippen LogP contribution in [0.5, 0.6) is 17.2 Å². The first-order chi connectivity index (χ1) is 51.9. The van der Waals surface area contributed by atoms with Crippen molar-refractivity contribution in [3.8, 4) is 28.5 Å². The van der Waals surface area contributed by atoms with Crippen molar-refractivity contribution in [1.29, 1.82) is 0 Å². The molecule has 2 saturated heterocycles. The second kappa shape index (κ2) is 30.7. The van der Waals surface area contributed by atoms with Gasteiger partial charge in [-0.2, -0.15) is 10.2 Å². The predicted molar refractivity (Wildman–Crippen MR) is 425 cm³/mol. The van der Waals surface area contributed by atoms with Crippen LogP contribution >= 0.6 is 22.6 Å². The second-order valence-corrected chi connectivity index (χ2v) is 29.2. The average Bonchev–Trinajstić information content (AvgIpc) is 1.70. The fourth-order valence-electron chi connectivity index (χ4n) is 14.9. The van der Waals surface area contributed by atoms with E-state index in [2.05, 4.69) is 308 Å². The van der Waals surface area contributed by atoms with Crippen LogP contribution in [0.1, 0.15) is 88.6 Å². The van der Waals surface area contributed by atoms with Crippen molar-refractivity contribution >= 4 is 61.7 Å². The summed E-state index contributed by atoms with van der Waals surface area (Å²) in [6, 6.07) is 91.9. The van der Waals surface area contributed by atoms with E-state index in [0.717, 1.165) is 171 Å². The fraction of sp³-hybridized carbons (Fsp3) is 0.256. The molecular weight excluding hydrogens is 1410 g/mol. The number of anilines is 2. The van der Waals surface area contributed by atoms with Crippen LogP contribution in [-0.4, -0.2) is 108 Å². The molecule has 3 aliphatic carbocycles. The second-order valence-electron chi connectivity index (χ2n) is 28.2. The van der Waals surface area contributed by atoms with Gasteiger partial charge < -0.3 is 33.5 Å². The Labute approximate surface area is 627 Å². The number of ether oxygens (including phenoxy) is 5. The smallest absolute Gasteiger partial charge is 0.138 e. The first-order valence-electron chi connectivity index (χ1n) is 37.1. The van der Waals surface area contributed by atoms with Crippen molar-refractivity contribution in [3.05, 3.63) is 327 Å². The van der Waals surface area contributed by atoms with E-state index in [9.17, 15) is 0 Å². The molecule has 7 heterocycles. The Morgan fingerprint density at radius 3 is 1.19 bits per heavy atom. The summed E-state index contributed by atoms with van der Waals surface area (Å²) in [5, 5.41) is 12.9. The van der Waals surface area contributed by atoms with E-state index in [1.807, 2.05) is 12.4 Å². The number of hydrogen-bond donors (Lipinski definition) is 0. The molecule has 0 unspecified atom stereocenters. The van der Waals surface area contributed by atoms with Gasteiger partial charge in [-0.25, -0.2) is 19.3 Å². The number of rotatable bonds is 21. The van der Waals surface area contributed by atoms with Gasteiger partial charge in [-0.3, -0.25) is 4.99 Å². The largest absolute Gasteiger partial charge is 0.493 e. The van der Waals surface area contributed by atoms with E-state index in [0.29, 0.717) is 19.1 Å². The number of aromatic nitrogens is 6. The lowest BCUT2D eigenvalue weighted by Gasteiger charge is -2.37. The number of aliphatic imine (C=N–C) groups is 1. The summed E-state index contributed by atoms with van der Waals surface area (Å²) in [4.78, 5) is 18.7. The maximum Gasteiger partial charge on any atom is 0.138 e. The molecule has 5 fully saturated rings. The first kappa shape index (κ1) is 67.7. The Bertz CT molecular complexity index is 4940. The summed E-state index contributed by atoms with van der Waals surface area (Å²) < 4.78 is 34.9. The summed E-state index contributed by atoms with van der Waals surface area (Å²) in [5.41, 5.74) is 14.2. The average molecular weight is 1500 g/mol. The van der Waals surface area contributed by atoms with E-state index in [1.54, 1.807) is 0 Å². The lowest BCUT2D eigenvalue weighted by atomic mass is 9.77. The van der Waals surface area contributed by atoms with E-state index < -0.39 is 11.1 Å². The van der Waals surface area contributed by atoms with E-state index in [-0.39, 0.29) is 0 Å². The van der Waals surface area contributed by atoms with Crippen LogP contribution < -0.4 is 24.0 Å². The molecule has 13 aromatic rings. The normalized spacial score (nSPS) is 15.8. The summed E-state index contributed by atoms with van der Waals surface area (Å²) in [6.07, 6.45) is 11.5. The quantitative estimate of drug-likeness (QED) is 0.0504. The van der Waals surface area contributed by atoms with Gasteiger partial charge in [0.25, 0.3) is 0 Å². The number of morpholine rings is 2. The third-order valence-electron chi connectivity index (χ3n) is 21.0. The minimum atomic E-state index is -0.739. The predicted octanol–water partition coefficient (Wildman–Crippen LogP) is 17.9. The molecule has 0 radical (unpaired) electrons. The Kier molecular flexibility index (Phi) is 19.8. The monoisotopic (exact) mass is 1500 g/mol. The van der Waals surface area contributed by atoms with Gasteiger partial charge in [0.2, 0.25) is 0 Å². The van der Waals surface area contributed by atoms with Gasteiger partial charge in [0.15, 0.2) is 0 Å². The minimum absolute atomic E-state index is 0.623. The molecule has 0 bridgehead atoms. The van der Waals surface area contributed by atoms with Gasteiger partial charge in [0.1, 0.15) is 49.4 Å². The summed E-state index contributed by atoms with van der Waals surface area (Å²) >= 11 is 2.36. The van der Waals surface area contributed by atoms with Crippen molar-refractivity contribution in [2.45, 2.75) is 56.1 Å². The molecule has 4 aromatic heterocycles. The number of hydrogen-bond acceptors (Lipinski definition) is 12.